The first-order valence-corrected chi connectivity index (χ1v) is 9.73. The molecule has 3 aromatic rings. The van der Waals surface area contributed by atoms with Gasteiger partial charge in [-0.2, -0.15) is 0 Å². The van der Waals surface area contributed by atoms with Crippen LogP contribution in [0.15, 0.2) is 84.9 Å². The molecule has 7 nitrogen and oxygen atoms in total. The van der Waals surface area contributed by atoms with Gasteiger partial charge in [0, 0.05) is 5.56 Å². The van der Waals surface area contributed by atoms with Crippen molar-refractivity contribution in [2.75, 3.05) is 7.11 Å². The van der Waals surface area contributed by atoms with Crippen LogP contribution in [0.3, 0.4) is 0 Å². The van der Waals surface area contributed by atoms with E-state index in [9.17, 15) is 9.59 Å². The van der Waals surface area contributed by atoms with Gasteiger partial charge >= 0.3 is 12.2 Å². The number of ether oxygens (including phenoxy) is 3. The number of amides is 2. The van der Waals surface area contributed by atoms with E-state index in [4.69, 9.17) is 14.2 Å². The Morgan fingerprint density at radius 2 is 1.16 bits per heavy atom. The van der Waals surface area contributed by atoms with Gasteiger partial charge in [0.1, 0.15) is 25.1 Å². The number of hydrogen-bond acceptors (Lipinski definition) is 5. The van der Waals surface area contributed by atoms with Crippen molar-refractivity contribution in [3.63, 3.8) is 0 Å². The normalized spacial score (nSPS) is 10.3. The summed E-state index contributed by atoms with van der Waals surface area (Å²) in [5.41, 5.74) is 2.25. The molecular weight excluding hydrogens is 396 g/mol. The lowest BCUT2D eigenvalue weighted by molar-refractivity contribution is 0.122. The van der Waals surface area contributed by atoms with Gasteiger partial charge in [0.15, 0.2) is 0 Å². The van der Waals surface area contributed by atoms with Crippen molar-refractivity contribution in [1.82, 2.24) is 10.6 Å². The first kappa shape index (κ1) is 21.7. The molecule has 2 amide bonds. The van der Waals surface area contributed by atoms with Gasteiger partial charge < -0.3 is 14.2 Å². The quantitative estimate of drug-likeness (QED) is 0.522. The summed E-state index contributed by atoms with van der Waals surface area (Å²) < 4.78 is 15.9. The zero-order chi connectivity index (χ0) is 21.9. The number of rotatable bonds is 8. The zero-order valence-corrected chi connectivity index (χ0v) is 17.1. The van der Waals surface area contributed by atoms with E-state index < -0.39 is 18.4 Å². The standard InChI is InChI=1S/C24H24N2O5/c1-29-21-15-9-8-14-20(21)22(25-23(27)30-16-18-10-4-2-5-11-18)26-24(28)31-17-19-12-6-3-7-13-19/h2-15,22H,16-17H2,1H3,(H,25,27)(H,26,28). The van der Waals surface area contributed by atoms with Gasteiger partial charge in [0.05, 0.1) is 7.11 Å². The van der Waals surface area contributed by atoms with Gasteiger partial charge in [-0.15, -0.1) is 0 Å². The molecule has 0 unspecified atom stereocenters. The van der Waals surface area contributed by atoms with Crippen LogP contribution in [0.5, 0.6) is 5.75 Å². The minimum absolute atomic E-state index is 0.101. The number of alkyl carbamates (subject to hydrolysis) is 2. The minimum Gasteiger partial charge on any atom is -0.496 e. The van der Waals surface area contributed by atoms with Gasteiger partial charge in [-0.1, -0.05) is 78.9 Å². The second kappa shape index (κ2) is 11.3. The van der Waals surface area contributed by atoms with Gasteiger partial charge in [-0.05, 0) is 17.2 Å². The molecule has 0 saturated carbocycles. The maximum Gasteiger partial charge on any atom is 0.409 e. The average Bonchev–Trinajstić information content (AvgIpc) is 2.82. The summed E-state index contributed by atoms with van der Waals surface area (Å²) in [6, 6.07) is 25.6. The Kier molecular flexibility index (Phi) is 7.88. The van der Waals surface area contributed by atoms with E-state index in [1.54, 1.807) is 24.3 Å². The molecule has 0 bridgehead atoms. The van der Waals surface area contributed by atoms with Crippen molar-refractivity contribution in [1.29, 1.82) is 0 Å². The minimum atomic E-state index is -0.914. The molecule has 3 aromatic carbocycles. The second-order valence-corrected chi connectivity index (χ2v) is 6.59. The van der Waals surface area contributed by atoms with Gasteiger partial charge in [-0.3, -0.25) is 10.6 Å². The summed E-state index contributed by atoms with van der Waals surface area (Å²) in [7, 11) is 1.51. The van der Waals surface area contributed by atoms with E-state index in [2.05, 4.69) is 10.6 Å². The summed E-state index contributed by atoms with van der Waals surface area (Å²) in [4.78, 5) is 24.8. The first-order chi connectivity index (χ1) is 15.2. The maximum atomic E-state index is 12.4. The summed E-state index contributed by atoms with van der Waals surface area (Å²) in [6.07, 6.45) is -2.30. The first-order valence-electron chi connectivity index (χ1n) is 9.73. The number of para-hydroxylation sites is 1. The molecule has 160 valence electrons. The van der Waals surface area contributed by atoms with Crippen LogP contribution < -0.4 is 15.4 Å². The van der Waals surface area contributed by atoms with Crippen molar-refractivity contribution in [3.8, 4) is 5.75 Å². The van der Waals surface area contributed by atoms with Gasteiger partial charge in [0.25, 0.3) is 0 Å². The van der Waals surface area contributed by atoms with Crippen LogP contribution in [0.4, 0.5) is 9.59 Å². The van der Waals surface area contributed by atoms with E-state index in [-0.39, 0.29) is 13.2 Å². The monoisotopic (exact) mass is 420 g/mol. The number of benzene rings is 3. The third-order valence-corrected chi connectivity index (χ3v) is 4.40. The highest BCUT2D eigenvalue weighted by Gasteiger charge is 2.22. The average molecular weight is 420 g/mol. The van der Waals surface area contributed by atoms with E-state index in [1.807, 2.05) is 60.7 Å². The van der Waals surface area contributed by atoms with Crippen molar-refractivity contribution in [2.45, 2.75) is 19.4 Å². The highest BCUT2D eigenvalue weighted by Crippen LogP contribution is 2.23. The molecule has 0 aliphatic carbocycles. The molecule has 0 aliphatic rings. The zero-order valence-electron chi connectivity index (χ0n) is 17.1. The predicted molar refractivity (Wildman–Crippen MR) is 115 cm³/mol. The molecule has 0 saturated heterocycles. The Hall–Kier alpha value is -4.00. The predicted octanol–water partition coefficient (Wildman–Crippen LogP) is 4.55. The summed E-state index contributed by atoms with van der Waals surface area (Å²) in [5.74, 6) is 0.499. The summed E-state index contributed by atoms with van der Waals surface area (Å²) >= 11 is 0. The number of carbonyl (C=O) groups is 2. The molecule has 0 aromatic heterocycles. The van der Waals surface area contributed by atoms with Crippen molar-refractivity contribution in [3.05, 3.63) is 102 Å². The Bertz CT molecular complexity index is 922. The van der Waals surface area contributed by atoms with Crippen molar-refractivity contribution in [2.24, 2.45) is 0 Å². The van der Waals surface area contributed by atoms with E-state index >= 15 is 0 Å². The fourth-order valence-corrected chi connectivity index (χ4v) is 2.86. The SMILES string of the molecule is COc1ccccc1C(NC(=O)OCc1ccccc1)NC(=O)OCc1ccccc1. The third kappa shape index (κ3) is 6.78. The van der Waals surface area contributed by atoms with Crippen LogP contribution in [0.25, 0.3) is 0 Å². The van der Waals surface area contributed by atoms with Crippen LogP contribution in [0, 0.1) is 0 Å². The highest BCUT2D eigenvalue weighted by atomic mass is 16.6. The Morgan fingerprint density at radius 1 is 0.710 bits per heavy atom. The third-order valence-electron chi connectivity index (χ3n) is 4.40. The van der Waals surface area contributed by atoms with Gasteiger partial charge in [-0.25, -0.2) is 9.59 Å². The van der Waals surface area contributed by atoms with Gasteiger partial charge in [0.2, 0.25) is 0 Å². The molecule has 0 radical (unpaired) electrons. The van der Waals surface area contributed by atoms with E-state index in [1.165, 1.54) is 7.11 Å². The van der Waals surface area contributed by atoms with Crippen LogP contribution in [-0.2, 0) is 22.7 Å². The molecule has 0 fully saturated rings. The molecule has 0 spiro atoms. The number of methoxy groups -OCH3 is 1. The van der Waals surface area contributed by atoms with Crippen LogP contribution >= 0.6 is 0 Å². The number of nitrogens with one attached hydrogen (secondary N) is 2. The molecule has 3 rings (SSSR count). The highest BCUT2D eigenvalue weighted by molar-refractivity contribution is 5.72. The van der Waals surface area contributed by atoms with Crippen LogP contribution in [0.1, 0.15) is 22.9 Å². The Labute approximate surface area is 180 Å². The lowest BCUT2D eigenvalue weighted by Gasteiger charge is -2.22. The maximum absolute atomic E-state index is 12.4. The van der Waals surface area contributed by atoms with Crippen molar-refractivity contribution >= 4 is 12.2 Å². The Morgan fingerprint density at radius 3 is 1.65 bits per heavy atom. The fraction of sp³-hybridized carbons (Fsp3) is 0.167. The smallest absolute Gasteiger partial charge is 0.409 e. The summed E-state index contributed by atoms with van der Waals surface area (Å²) in [6.45, 7) is 0.202. The lowest BCUT2D eigenvalue weighted by Crippen LogP contribution is -2.41. The topological polar surface area (TPSA) is 85.9 Å². The van der Waals surface area contributed by atoms with Crippen molar-refractivity contribution < 1.29 is 23.8 Å². The van der Waals surface area contributed by atoms with E-state index in [0.717, 1.165) is 11.1 Å². The molecular formula is C24H24N2O5. The fourth-order valence-electron chi connectivity index (χ4n) is 2.86. The van der Waals surface area contributed by atoms with Crippen LogP contribution in [-0.4, -0.2) is 19.3 Å². The largest absolute Gasteiger partial charge is 0.496 e. The molecule has 31 heavy (non-hydrogen) atoms. The molecule has 7 heteroatoms. The number of carbonyl (C=O) groups excluding carboxylic acids is 2. The molecule has 0 atom stereocenters. The molecule has 0 heterocycles. The van der Waals surface area contributed by atoms with Crippen LogP contribution in [0.2, 0.25) is 0 Å². The van der Waals surface area contributed by atoms with E-state index in [0.29, 0.717) is 11.3 Å². The summed E-state index contributed by atoms with van der Waals surface area (Å²) in [5, 5.41) is 5.31. The second-order valence-electron chi connectivity index (χ2n) is 6.59. The Balaban J connectivity index is 1.65. The molecule has 0 aliphatic heterocycles. The lowest BCUT2D eigenvalue weighted by atomic mass is 10.1. The number of hydrogen-bond donors (Lipinski definition) is 2. The molecule has 2 N–H and O–H groups in total.